The molecule has 12 aromatic rings. The minimum atomic E-state index is 0.481. The third-order valence-corrected chi connectivity index (χ3v) is 12.4. The molecule has 5 aromatic heterocycles. The van der Waals surface area contributed by atoms with Crippen molar-refractivity contribution in [3.05, 3.63) is 243 Å². The van der Waals surface area contributed by atoms with Crippen LogP contribution >= 0.6 is 0 Å². The fourth-order valence-electron chi connectivity index (χ4n) is 8.86. The Morgan fingerprint density at radius 2 is 0.740 bits per heavy atom. The molecule has 11 heteroatoms. The number of rotatable bonds is 12. The van der Waals surface area contributed by atoms with E-state index in [4.69, 9.17) is 19.7 Å². The Hall–Kier alpha value is -10.3. The highest BCUT2D eigenvalue weighted by Crippen LogP contribution is 2.43. The number of hydrogen-bond acceptors (Lipinski definition) is 11. The summed E-state index contributed by atoms with van der Waals surface area (Å²) >= 11 is 0. The van der Waals surface area contributed by atoms with Crippen LogP contribution in [0, 0.1) is 0 Å². The van der Waals surface area contributed by atoms with Gasteiger partial charge in [-0.25, -0.2) is 24.9 Å². The zero-order valence-electron chi connectivity index (χ0n) is 39.0. The van der Waals surface area contributed by atoms with Crippen molar-refractivity contribution in [1.29, 1.82) is 0 Å². The Labute approximate surface area is 420 Å². The van der Waals surface area contributed by atoms with Crippen LogP contribution in [0.2, 0.25) is 0 Å². The molecule has 5 heterocycles. The quantitative estimate of drug-likeness (QED) is 0.116. The summed E-state index contributed by atoms with van der Waals surface area (Å²) in [7, 11) is 0. The second-order valence-electron chi connectivity index (χ2n) is 16.9. The van der Waals surface area contributed by atoms with Crippen LogP contribution in [-0.2, 0) is 0 Å². The maximum Gasteiger partial charge on any atom is 0.164 e. The average molecular weight is 941 g/mol. The number of nitrogens with zero attached hydrogens (tertiary/aromatic N) is 10. The van der Waals surface area contributed by atoms with E-state index >= 15 is 0 Å². The standard InChI is InChI=1S/C62H40N10O/c1-4-18-52(48(15-1)41-24-28-43(29-25-41)56-22-10-37-66-71-56)60-68-61(53-19-5-2-16-49(53)42-26-30-44(31-27-42)57-23-11-38-67-72-57)70-62(69-60)54-20-6-3-17-50(54)51-33-32-46(59-64-35-12-36-65-59)40-58(51)73-47-14-9-13-45(39-47)55-21-7-8-34-63-55/h1-40H. The van der Waals surface area contributed by atoms with Crippen LogP contribution in [0.25, 0.3) is 113 Å². The smallest absolute Gasteiger partial charge is 0.164 e. The fraction of sp³-hybridized carbons (Fsp3) is 0. The Morgan fingerprint density at radius 3 is 1.27 bits per heavy atom. The normalized spacial score (nSPS) is 11.0. The van der Waals surface area contributed by atoms with Gasteiger partial charge in [0.15, 0.2) is 23.3 Å². The fourth-order valence-corrected chi connectivity index (χ4v) is 8.86. The van der Waals surface area contributed by atoms with E-state index in [1.165, 1.54) is 0 Å². The molecule has 0 N–H and O–H groups in total. The molecule has 7 aromatic carbocycles. The largest absolute Gasteiger partial charge is 0.457 e. The zero-order valence-corrected chi connectivity index (χ0v) is 39.0. The maximum atomic E-state index is 6.92. The summed E-state index contributed by atoms with van der Waals surface area (Å²) in [5.74, 6) is 3.31. The summed E-state index contributed by atoms with van der Waals surface area (Å²) in [6, 6.07) is 70.5. The van der Waals surface area contributed by atoms with Crippen LogP contribution < -0.4 is 4.74 Å². The molecule has 12 rings (SSSR count). The van der Waals surface area contributed by atoms with E-state index in [0.29, 0.717) is 34.8 Å². The van der Waals surface area contributed by atoms with Crippen LogP contribution in [0.5, 0.6) is 11.5 Å². The minimum Gasteiger partial charge on any atom is -0.457 e. The van der Waals surface area contributed by atoms with Crippen molar-refractivity contribution in [2.45, 2.75) is 0 Å². The van der Waals surface area contributed by atoms with Gasteiger partial charge in [-0.2, -0.15) is 20.4 Å². The van der Waals surface area contributed by atoms with Gasteiger partial charge in [0.05, 0.1) is 17.1 Å². The summed E-state index contributed by atoms with van der Waals surface area (Å²) in [5, 5.41) is 16.8. The molecule has 73 heavy (non-hydrogen) atoms. The van der Waals surface area contributed by atoms with Crippen LogP contribution in [0.4, 0.5) is 0 Å². The lowest BCUT2D eigenvalue weighted by molar-refractivity contribution is 0.485. The van der Waals surface area contributed by atoms with Crippen LogP contribution in [0.3, 0.4) is 0 Å². The monoisotopic (exact) mass is 940 g/mol. The van der Waals surface area contributed by atoms with Crippen molar-refractivity contribution < 1.29 is 4.74 Å². The van der Waals surface area contributed by atoms with Gasteiger partial charge in [-0.1, -0.05) is 146 Å². The summed E-state index contributed by atoms with van der Waals surface area (Å²) in [6.07, 6.45) is 8.60. The lowest BCUT2D eigenvalue weighted by atomic mass is 9.95. The van der Waals surface area contributed by atoms with Crippen molar-refractivity contribution in [1.82, 2.24) is 50.3 Å². The highest BCUT2D eigenvalue weighted by Gasteiger charge is 2.22. The number of benzene rings is 7. The van der Waals surface area contributed by atoms with Crippen LogP contribution in [0.1, 0.15) is 0 Å². The number of hydrogen-bond donors (Lipinski definition) is 0. The van der Waals surface area contributed by atoms with Gasteiger partial charge in [-0.15, -0.1) is 0 Å². The Bertz CT molecular complexity index is 3720. The molecule has 0 amide bonds. The van der Waals surface area contributed by atoms with E-state index in [-0.39, 0.29) is 0 Å². The molecule has 0 saturated carbocycles. The summed E-state index contributed by atoms with van der Waals surface area (Å²) in [4.78, 5) is 29.9. The van der Waals surface area contributed by atoms with Gasteiger partial charge in [-0.3, -0.25) is 4.98 Å². The number of pyridine rings is 1. The van der Waals surface area contributed by atoms with Gasteiger partial charge in [0.2, 0.25) is 0 Å². The van der Waals surface area contributed by atoms with E-state index < -0.39 is 0 Å². The van der Waals surface area contributed by atoms with Crippen molar-refractivity contribution >= 4 is 0 Å². The number of ether oxygens (including phenoxy) is 1. The van der Waals surface area contributed by atoms with Gasteiger partial charge in [0, 0.05) is 75.5 Å². The Balaban J connectivity index is 1.02. The first-order valence-electron chi connectivity index (χ1n) is 23.6. The molecule has 0 spiro atoms. The first-order chi connectivity index (χ1) is 36.2. The molecule has 0 aliphatic heterocycles. The zero-order chi connectivity index (χ0) is 48.8. The maximum absolute atomic E-state index is 6.92. The molecule has 0 atom stereocenters. The predicted octanol–water partition coefficient (Wildman–Crippen LogP) is 14.1. The topological polar surface area (TPSA) is 138 Å². The third kappa shape index (κ3) is 9.32. The second kappa shape index (κ2) is 20.0. The highest BCUT2D eigenvalue weighted by molar-refractivity contribution is 5.89. The summed E-state index contributed by atoms with van der Waals surface area (Å²) in [6.45, 7) is 0. The van der Waals surface area contributed by atoms with Crippen molar-refractivity contribution in [2.24, 2.45) is 0 Å². The van der Waals surface area contributed by atoms with E-state index in [1.807, 2.05) is 127 Å². The molecule has 0 unspecified atom stereocenters. The van der Waals surface area contributed by atoms with Gasteiger partial charge in [0.25, 0.3) is 0 Å². The van der Waals surface area contributed by atoms with Gasteiger partial charge in [-0.05, 0) is 94.5 Å². The Morgan fingerprint density at radius 1 is 0.260 bits per heavy atom. The van der Waals surface area contributed by atoms with Crippen molar-refractivity contribution in [3.8, 4) is 124 Å². The molecule has 344 valence electrons. The molecular weight excluding hydrogens is 901 g/mol. The molecule has 11 nitrogen and oxygen atoms in total. The lowest BCUT2D eigenvalue weighted by Crippen LogP contribution is -2.03. The SMILES string of the molecule is c1ccc(-c2cccc(Oc3cc(-c4ncccn4)ccc3-c3ccccc3-c3nc(-c4ccccc4-c4ccc(-c5cccnn5)cc4)nc(-c4ccccc4-c4ccc(-c5cccnn5)cc4)n3)c2)nc1. The first-order valence-corrected chi connectivity index (χ1v) is 23.6. The lowest BCUT2D eigenvalue weighted by Gasteiger charge is -2.17. The van der Waals surface area contributed by atoms with E-state index in [1.54, 1.807) is 37.1 Å². The molecule has 0 aliphatic carbocycles. The molecule has 0 bridgehead atoms. The van der Waals surface area contributed by atoms with Crippen LogP contribution in [0.15, 0.2) is 243 Å². The van der Waals surface area contributed by atoms with E-state index in [2.05, 4.69) is 114 Å². The molecule has 0 aliphatic rings. The van der Waals surface area contributed by atoms with Gasteiger partial charge in [0.1, 0.15) is 11.5 Å². The third-order valence-electron chi connectivity index (χ3n) is 12.4. The van der Waals surface area contributed by atoms with Crippen molar-refractivity contribution in [2.75, 3.05) is 0 Å². The van der Waals surface area contributed by atoms with E-state index in [9.17, 15) is 0 Å². The molecule has 0 radical (unpaired) electrons. The van der Waals surface area contributed by atoms with E-state index in [0.717, 1.165) is 89.4 Å². The highest BCUT2D eigenvalue weighted by atomic mass is 16.5. The second-order valence-corrected chi connectivity index (χ2v) is 16.9. The molecular formula is C62H40N10O. The Kier molecular flexibility index (Phi) is 12.0. The first kappa shape index (κ1) is 44.0. The van der Waals surface area contributed by atoms with Crippen molar-refractivity contribution in [3.63, 3.8) is 0 Å². The molecule has 0 fully saturated rings. The minimum absolute atomic E-state index is 0.481. The predicted molar refractivity (Wildman–Crippen MR) is 285 cm³/mol. The van der Waals surface area contributed by atoms with Gasteiger partial charge < -0.3 is 4.74 Å². The van der Waals surface area contributed by atoms with Gasteiger partial charge >= 0.3 is 0 Å². The van der Waals surface area contributed by atoms with Crippen LogP contribution in [-0.4, -0.2) is 50.3 Å². The number of aromatic nitrogens is 10. The summed E-state index contributed by atoms with van der Waals surface area (Å²) in [5.41, 5.74) is 14.1. The summed E-state index contributed by atoms with van der Waals surface area (Å²) < 4.78 is 6.92. The molecule has 0 saturated heterocycles. The average Bonchev–Trinajstić information content (AvgIpc) is 3.48.